The number of hydrogen-bond donors (Lipinski definition) is 1. The fourth-order valence-corrected chi connectivity index (χ4v) is 4.97. The van der Waals surface area contributed by atoms with Crippen LogP contribution in [0.15, 0.2) is 42.5 Å². The average molecular weight is 369 g/mol. The summed E-state index contributed by atoms with van der Waals surface area (Å²) in [5.41, 5.74) is 5.51. The number of methoxy groups -OCH3 is 1. The van der Waals surface area contributed by atoms with E-state index in [-0.39, 0.29) is 5.54 Å². The second-order valence-electron chi connectivity index (χ2n) is 6.90. The van der Waals surface area contributed by atoms with Crippen LogP contribution in [0.5, 0.6) is 5.75 Å². The summed E-state index contributed by atoms with van der Waals surface area (Å²) in [6.07, 6.45) is 0. The number of nitrogens with zero attached hydrogens (tertiary/aromatic N) is 1. The number of fused-ring (bicyclic) bond motifs is 3. The van der Waals surface area contributed by atoms with Gasteiger partial charge in [0.1, 0.15) is 10.4 Å². The van der Waals surface area contributed by atoms with Gasteiger partial charge in [-0.3, -0.25) is 3.96 Å². The summed E-state index contributed by atoms with van der Waals surface area (Å²) in [5, 5.41) is 3.64. The first-order valence-electron chi connectivity index (χ1n) is 8.21. The molecule has 0 amide bonds. The van der Waals surface area contributed by atoms with Crippen LogP contribution in [0.25, 0.3) is 16.8 Å². The van der Waals surface area contributed by atoms with Gasteiger partial charge in [-0.05, 0) is 56.7 Å². The maximum absolute atomic E-state index is 5.90. The third kappa shape index (κ3) is 2.58. The molecule has 1 aliphatic heterocycles. The van der Waals surface area contributed by atoms with Crippen molar-refractivity contribution < 1.29 is 4.74 Å². The number of hydrogen-bond acceptors (Lipinski definition) is 4. The van der Waals surface area contributed by atoms with Gasteiger partial charge in [0.25, 0.3) is 0 Å². The average Bonchev–Trinajstić information content (AvgIpc) is 2.93. The highest BCUT2D eigenvalue weighted by atomic mass is 32.1. The Balaban J connectivity index is 2.01. The molecular formula is C20H20N2OS2. The Bertz CT molecular complexity index is 1030. The zero-order valence-electron chi connectivity index (χ0n) is 14.7. The first-order chi connectivity index (χ1) is 11.9. The fraction of sp³-hybridized carbons (Fsp3) is 0.250. The predicted octanol–water partition coefficient (Wildman–Crippen LogP) is 5.91. The minimum absolute atomic E-state index is 0.176. The highest BCUT2D eigenvalue weighted by molar-refractivity contribution is 7.71. The van der Waals surface area contributed by atoms with Crippen molar-refractivity contribution in [3.63, 3.8) is 0 Å². The van der Waals surface area contributed by atoms with Gasteiger partial charge in [0.05, 0.1) is 23.2 Å². The van der Waals surface area contributed by atoms with Crippen LogP contribution in [0.3, 0.4) is 0 Å². The molecule has 0 unspecified atom stereocenters. The lowest BCUT2D eigenvalue weighted by Gasteiger charge is -2.33. The van der Waals surface area contributed by atoms with Gasteiger partial charge in [-0.25, -0.2) is 0 Å². The zero-order valence-corrected chi connectivity index (χ0v) is 16.3. The van der Waals surface area contributed by atoms with Crippen molar-refractivity contribution in [2.75, 3.05) is 12.4 Å². The van der Waals surface area contributed by atoms with E-state index < -0.39 is 0 Å². The first-order valence-corrected chi connectivity index (χ1v) is 9.39. The van der Waals surface area contributed by atoms with Crippen LogP contribution < -0.4 is 10.1 Å². The SMILES string of the molecule is COc1ccc2c(c1)-c1c(sn(-c3cccc(C)c3)c1=S)C(C)(C)N2. The van der Waals surface area contributed by atoms with Crippen molar-refractivity contribution in [3.8, 4) is 22.6 Å². The van der Waals surface area contributed by atoms with Crippen molar-refractivity contribution in [1.29, 1.82) is 0 Å². The molecule has 0 saturated heterocycles. The van der Waals surface area contributed by atoms with E-state index in [9.17, 15) is 0 Å². The molecule has 0 aliphatic carbocycles. The number of aryl methyl sites for hydroxylation is 1. The molecule has 5 heteroatoms. The molecule has 25 heavy (non-hydrogen) atoms. The Kier molecular flexibility index (Phi) is 3.74. The molecule has 0 spiro atoms. The van der Waals surface area contributed by atoms with Gasteiger partial charge in [-0.15, -0.1) is 0 Å². The molecule has 0 fully saturated rings. The Labute approximate surface area is 157 Å². The number of anilines is 1. The Morgan fingerprint density at radius 2 is 1.96 bits per heavy atom. The molecule has 0 bridgehead atoms. The van der Waals surface area contributed by atoms with Crippen molar-refractivity contribution in [1.82, 2.24) is 3.96 Å². The standard InChI is InChI=1S/C20H20N2OS2/c1-12-6-5-7-13(10-12)22-19(24)17-15-11-14(23-4)8-9-16(15)21-20(2,3)18(17)25-22/h5-11,21H,1-4H3. The van der Waals surface area contributed by atoms with Crippen LogP contribution in [-0.2, 0) is 5.54 Å². The summed E-state index contributed by atoms with van der Waals surface area (Å²) in [4.78, 5) is 1.25. The summed E-state index contributed by atoms with van der Waals surface area (Å²) in [5.74, 6) is 0.842. The van der Waals surface area contributed by atoms with Crippen molar-refractivity contribution in [2.45, 2.75) is 26.3 Å². The van der Waals surface area contributed by atoms with E-state index in [0.29, 0.717) is 0 Å². The lowest BCUT2D eigenvalue weighted by molar-refractivity contribution is 0.415. The smallest absolute Gasteiger partial charge is 0.129 e. The number of aromatic nitrogens is 1. The normalized spacial score (nSPS) is 14.4. The summed E-state index contributed by atoms with van der Waals surface area (Å²) in [7, 11) is 1.69. The van der Waals surface area contributed by atoms with Crippen LogP contribution in [0.2, 0.25) is 0 Å². The van der Waals surface area contributed by atoms with Gasteiger partial charge in [-0.2, -0.15) is 0 Å². The summed E-state index contributed by atoms with van der Waals surface area (Å²) in [6, 6.07) is 14.6. The van der Waals surface area contributed by atoms with Crippen LogP contribution in [0, 0.1) is 11.6 Å². The second-order valence-corrected chi connectivity index (χ2v) is 8.24. The van der Waals surface area contributed by atoms with E-state index >= 15 is 0 Å². The summed E-state index contributed by atoms with van der Waals surface area (Å²) < 4.78 is 8.44. The van der Waals surface area contributed by atoms with Gasteiger partial charge in [0.2, 0.25) is 0 Å². The van der Waals surface area contributed by atoms with E-state index in [1.807, 2.05) is 6.07 Å². The molecule has 3 aromatic rings. The lowest BCUT2D eigenvalue weighted by Crippen LogP contribution is -2.30. The monoisotopic (exact) mass is 368 g/mol. The lowest BCUT2D eigenvalue weighted by atomic mass is 9.90. The molecule has 2 heterocycles. The highest BCUT2D eigenvalue weighted by Crippen LogP contribution is 2.48. The van der Waals surface area contributed by atoms with Gasteiger partial charge in [0, 0.05) is 16.8 Å². The minimum Gasteiger partial charge on any atom is -0.497 e. The Morgan fingerprint density at radius 3 is 2.68 bits per heavy atom. The van der Waals surface area contributed by atoms with E-state index in [0.717, 1.165) is 32.9 Å². The van der Waals surface area contributed by atoms with Crippen molar-refractivity contribution >= 4 is 29.4 Å². The number of ether oxygens (including phenoxy) is 1. The molecule has 0 radical (unpaired) electrons. The fourth-order valence-electron chi connectivity index (χ4n) is 3.33. The summed E-state index contributed by atoms with van der Waals surface area (Å²) in [6.45, 7) is 6.50. The van der Waals surface area contributed by atoms with Crippen LogP contribution in [-0.4, -0.2) is 11.1 Å². The van der Waals surface area contributed by atoms with Crippen LogP contribution in [0.1, 0.15) is 24.3 Å². The van der Waals surface area contributed by atoms with Crippen LogP contribution >= 0.6 is 23.8 Å². The van der Waals surface area contributed by atoms with E-state index in [1.54, 1.807) is 18.6 Å². The quantitative estimate of drug-likeness (QED) is 0.569. The van der Waals surface area contributed by atoms with E-state index in [1.165, 1.54) is 10.4 Å². The highest BCUT2D eigenvalue weighted by Gasteiger charge is 2.34. The Hall–Kier alpha value is -2.11. The molecule has 4 rings (SSSR count). The van der Waals surface area contributed by atoms with E-state index in [2.05, 4.69) is 66.4 Å². The molecule has 128 valence electrons. The van der Waals surface area contributed by atoms with Gasteiger partial charge in [0.15, 0.2) is 0 Å². The van der Waals surface area contributed by atoms with E-state index in [4.69, 9.17) is 17.0 Å². The van der Waals surface area contributed by atoms with Crippen molar-refractivity contribution in [2.24, 2.45) is 0 Å². The largest absolute Gasteiger partial charge is 0.497 e. The maximum Gasteiger partial charge on any atom is 0.129 e. The topological polar surface area (TPSA) is 26.2 Å². The van der Waals surface area contributed by atoms with Crippen molar-refractivity contribution in [3.05, 3.63) is 57.5 Å². The predicted molar refractivity (Wildman–Crippen MR) is 108 cm³/mol. The van der Waals surface area contributed by atoms with Gasteiger partial charge in [-0.1, -0.05) is 35.9 Å². The number of nitrogens with one attached hydrogen (secondary N) is 1. The first kappa shape index (κ1) is 16.4. The molecule has 1 N–H and O–H groups in total. The van der Waals surface area contributed by atoms with Gasteiger partial charge < -0.3 is 10.1 Å². The third-order valence-electron chi connectivity index (χ3n) is 4.56. The number of benzene rings is 2. The van der Waals surface area contributed by atoms with Crippen LogP contribution in [0.4, 0.5) is 5.69 Å². The van der Waals surface area contributed by atoms with Gasteiger partial charge >= 0.3 is 0 Å². The summed E-state index contributed by atoms with van der Waals surface area (Å²) >= 11 is 7.62. The molecular weight excluding hydrogens is 348 g/mol. The molecule has 2 aromatic carbocycles. The molecule has 3 nitrogen and oxygen atoms in total. The molecule has 1 aliphatic rings. The third-order valence-corrected chi connectivity index (χ3v) is 6.53. The maximum atomic E-state index is 5.90. The Morgan fingerprint density at radius 1 is 1.16 bits per heavy atom. The minimum atomic E-state index is -0.176. The molecule has 1 aromatic heterocycles. The molecule has 0 saturated carbocycles. The molecule has 0 atom stereocenters. The zero-order chi connectivity index (χ0) is 17.8. The second kappa shape index (κ2) is 5.71. The number of rotatable bonds is 2.